The van der Waals surface area contributed by atoms with Crippen LogP contribution in [0.2, 0.25) is 0 Å². The van der Waals surface area contributed by atoms with Crippen molar-refractivity contribution in [1.82, 2.24) is 25.8 Å². The number of hydrogen-bond donors (Lipinski definition) is 4. The normalized spacial score (nSPS) is 33.2. The van der Waals surface area contributed by atoms with Crippen molar-refractivity contribution in [2.75, 3.05) is 40.3 Å². The molecule has 0 spiro atoms. The molecule has 4 aliphatic heterocycles. The van der Waals surface area contributed by atoms with E-state index in [0.717, 1.165) is 13.0 Å². The number of likely N-dealkylation sites (N-methyl/N-ethyl adjacent to an activating group) is 2. The first-order valence-electron chi connectivity index (χ1n) is 12.5. The summed E-state index contributed by atoms with van der Waals surface area (Å²) in [6.07, 6.45) is 1.87. The third-order valence-corrected chi connectivity index (χ3v) is 9.43. The Kier molecular flexibility index (Phi) is 7.89. The van der Waals surface area contributed by atoms with Crippen LogP contribution in [-0.2, 0) is 19.2 Å². The van der Waals surface area contributed by atoms with Gasteiger partial charge in [-0.25, -0.2) is 4.79 Å². The number of hydrogen-bond acceptors (Lipinski definition) is 8. The summed E-state index contributed by atoms with van der Waals surface area (Å²) in [5, 5.41) is 19.4. The molecular formula is C24H37N5O5S. The van der Waals surface area contributed by atoms with Crippen molar-refractivity contribution in [3.8, 4) is 0 Å². The highest BCUT2D eigenvalue weighted by Crippen LogP contribution is 2.53. The summed E-state index contributed by atoms with van der Waals surface area (Å²) >= 11 is 1.50. The van der Waals surface area contributed by atoms with Crippen LogP contribution in [0.3, 0.4) is 0 Å². The van der Waals surface area contributed by atoms with Crippen molar-refractivity contribution in [2.45, 2.75) is 56.5 Å². The number of Topliss-reactive ketones (excluding diaryl/α,β-unsaturated/α-hetero) is 1. The fourth-order valence-electron chi connectivity index (χ4n) is 6.10. The van der Waals surface area contributed by atoms with Gasteiger partial charge in [-0.1, -0.05) is 13.8 Å². The van der Waals surface area contributed by atoms with Gasteiger partial charge in [-0.05, 0) is 32.9 Å². The van der Waals surface area contributed by atoms with Crippen molar-refractivity contribution in [3.63, 3.8) is 0 Å². The van der Waals surface area contributed by atoms with Crippen LogP contribution >= 0.6 is 11.8 Å². The summed E-state index contributed by atoms with van der Waals surface area (Å²) in [4.78, 5) is 54.4. The molecule has 3 fully saturated rings. The summed E-state index contributed by atoms with van der Waals surface area (Å²) in [7, 11) is 3.62. The number of fused-ring (bicyclic) bond motifs is 1. The lowest BCUT2D eigenvalue weighted by atomic mass is 9.73. The van der Waals surface area contributed by atoms with Crippen molar-refractivity contribution in [3.05, 3.63) is 10.6 Å². The summed E-state index contributed by atoms with van der Waals surface area (Å²) in [6.45, 7) is 6.22. The van der Waals surface area contributed by atoms with Crippen LogP contribution in [0.25, 0.3) is 0 Å². The van der Waals surface area contributed by atoms with Gasteiger partial charge in [0, 0.05) is 48.2 Å². The number of likely N-dealkylation sites (tertiary alicyclic amines) is 1. The predicted molar refractivity (Wildman–Crippen MR) is 132 cm³/mol. The Hall–Kier alpha value is -1.95. The highest BCUT2D eigenvalue weighted by atomic mass is 32.2. The quantitative estimate of drug-likeness (QED) is 0.298. The van der Waals surface area contributed by atoms with Gasteiger partial charge in [-0.15, -0.1) is 11.8 Å². The predicted octanol–water partition coefficient (Wildman–Crippen LogP) is -0.142. The lowest BCUT2D eigenvalue weighted by Crippen LogP contribution is -2.62. The molecule has 35 heavy (non-hydrogen) atoms. The van der Waals surface area contributed by atoms with Crippen molar-refractivity contribution in [1.29, 1.82) is 0 Å². The third-order valence-electron chi connectivity index (χ3n) is 7.92. The van der Waals surface area contributed by atoms with Gasteiger partial charge in [0.1, 0.15) is 11.5 Å². The number of rotatable bonds is 10. The van der Waals surface area contributed by atoms with E-state index in [9.17, 15) is 24.3 Å². The van der Waals surface area contributed by atoms with E-state index in [4.69, 9.17) is 0 Å². The van der Waals surface area contributed by atoms with Crippen molar-refractivity contribution < 1.29 is 24.3 Å². The van der Waals surface area contributed by atoms with Gasteiger partial charge in [0.05, 0.1) is 24.5 Å². The zero-order chi connectivity index (χ0) is 25.4. The Morgan fingerprint density at radius 3 is 2.66 bits per heavy atom. The lowest BCUT2D eigenvalue weighted by molar-refractivity contribution is -0.160. The number of carboxylic acid groups (broad SMARTS) is 1. The standard InChI is InChI=1S/C24H37N5O5S/c1-12(7-15(30)9-25-3)18-19-13(2)21(20(24(33)34)29(19)23(18)32)35-16-8-17(27-10-16)22(31)28-6-5-14(11-28)26-4/h12-14,16-19,25-27H,5-11H2,1-4H3,(H,33,34)/t12-,13+,14+,16-,17-,18+,19+/m0/s1. The molecule has 0 aromatic rings. The molecule has 0 unspecified atom stereocenters. The number of β-lactam (4-membered cyclic amide) rings is 1. The molecule has 4 N–H and O–H groups in total. The van der Waals surface area contributed by atoms with Crippen LogP contribution in [0.15, 0.2) is 10.6 Å². The second-order valence-corrected chi connectivity index (χ2v) is 11.6. The molecule has 0 radical (unpaired) electrons. The summed E-state index contributed by atoms with van der Waals surface area (Å²) in [5.41, 5.74) is 0.0775. The molecule has 0 bridgehead atoms. The first-order chi connectivity index (χ1) is 16.7. The number of carboxylic acids is 1. The maximum absolute atomic E-state index is 13.0. The average molecular weight is 508 g/mol. The Bertz CT molecular complexity index is 926. The van der Waals surface area contributed by atoms with E-state index in [1.165, 1.54) is 16.7 Å². The highest BCUT2D eigenvalue weighted by molar-refractivity contribution is 8.03. The average Bonchev–Trinajstić information content (AvgIpc) is 3.52. The second-order valence-electron chi connectivity index (χ2n) is 10.3. The van der Waals surface area contributed by atoms with E-state index in [-0.39, 0.29) is 64.9 Å². The number of thioether (sulfide) groups is 1. The third kappa shape index (κ3) is 4.87. The Morgan fingerprint density at radius 2 is 2.03 bits per heavy atom. The molecule has 3 saturated heterocycles. The largest absolute Gasteiger partial charge is 0.477 e. The summed E-state index contributed by atoms with van der Waals surface area (Å²) in [5.74, 6) is -1.78. The minimum atomic E-state index is -1.10. The van der Waals surface area contributed by atoms with Gasteiger partial charge in [-0.3, -0.25) is 14.4 Å². The molecule has 0 saturated carbocycles. The van der Waals surface area contributed by atoms with Gasteiger partial charge in [0.15, 0.2) is 0 Å². The fourth-order valence-corrected chi connectivity index (χ4v) is 7.58. The first kappa shape index (κ1) is 26.1. The number of carbonyl (C=O) groups is 4. The number of carbonyl (C=O) groups excluding carboxylic acids is 3. The van der Waals surface area contributed by atoms with Crippen molar-refractivity contribution >= 4 is 35.3 Å². The lowest BCUT2D eigenvalue weighted by Gasteiger charge is -2.47. The van der Waals surface area contributed by atoms with Crippen LogP contribution < -0.4 is 16.0 Å². The molecule has 0 aliphatic carbocycles. The Labute approximate surface area is 210 Å². The minimum Gasteiger partial charge on any atom is -0.477 e. The highest BCUT2D eigenvalue weighted by Gasteiger charge is 2.60. The van der Waals surface area contributed by atoms with E-state index >= 15 is 0 Å². The molecule has 7 atom stereocenters. The fraction of sp³-hybridized carbons (Fsp3) is 0.750. The zero-order valence-electron chi connectivity index (χ0n) is 20.9. The van der Waals surface area contributed by atoms with E-state index in [1.54, 1.807) is 7.05 Å². The molecule has 10 nitrogen and oxygen atoms in total. The van der Waals surface area contributed by atoms with Crippen LogP contribution in [-0.4, -0.2) is 102 Å². The second kappa shape index (κ2) is 10.6. The Balaban J connectivity index is 1.42. The Morgan fingerprint density at radius 1 is 1.29 bits per heavy atom. The van der Waals surface area contributed by atoms with Crippen LogP contribution in [0.5, 0.6) is 0 Å². The van der Waals surface area contributed by atoms with Crippen LogP contribution in [0, 0.1) is 17.8 Å². The molecule has 4 aliphatic rings. The topological polar surface area (TPSA) is 131 Å². The maximum Gasteiger partial charge on any atom is 0.353 e. The van der Waals surface area contributed by atoms with Crippen LogP contribution in [0.4, 0.5) is 0 Å². The smallest absolute Gasteiger partial charge is 0.353 e. The number of nitrogens with one attached hydrogen (secondary N) is 3. The molecule has 4 rings (SSSR count). The van der Waals surface area contributed by atoms with E-state index in [2.05, 4.69) is 16.0 Å². The molecule has 4 heterocycles. The van der Waals surface area contributed by atoms with Gasteiger partial charge < -0.3 is 30.9 Å². The number of amides is 2. The SMILES string of the molecule is CNCC(=O)C[C@H](C)[C@H]1C(=O)N2C(C(=O)O)=C(S[C@@H]3CN[C@H](C(=O)N4CC[C@@H](NC)C4)C3)[C@H](C)[C@H]12. The number of ketones is 1. The molecule has 0 aromatic heterocycles. The molecule has 0 aromatic carbocycles. The van der Waals surface area contributed by atoms with Gasteiger partial charge in [0.25, 0.3) is 0 Å². The van der Waals surface area contributed by atoms with Gasteiger partial charge in [-0.2, -0.15) is 0 Å². The molecular weight excluding hydrogens is 470 g/mol. The molecule has 11 heteroatoms. The van der Waals surface area contributed by atoms with E-state index in [0.29, 0.717) is 36.9 Å². The minimum absolute atomic E-state index is 0.0460. The van der Waals surface area contributed by atoms with Gasteiger partial charge in [0.2, 0.25) is 11.8 Å². The molecule has 2 amide bonds. The maximum atomic E-state index is 13.0. The monoisotopic (exact) mass is 507 g/mol. The first-order valence-corrected chi connectivity index (χ1v) is 13.4. The van der Waals surface area contributed by atoms with Crippen LogP contribution in [0.1, 0.15) is 33.1 Å². The number of aliphatic carboxylic acids is 1. The number of nitrogens with zero attached hydrogens (tertiary/aromatic N) is 2. The van der Waals surface area contributed by atoms with E-state index in [1.807, 2.05) is 25.8 Å². The van der Waals surface area contributed by atoms with Gasteiger partial charge >= 0.3 is 5.97 Å². The van der Waals surface area contributed by atoms with E-state index < -0.39 is 5.97 Å². The summed E-state index contributed by atoms with van der Waals surface area (Å²) < 4.78 is 0. The summed E-state index contributed by atoms with van der Waals surface area (Å²) in [6, 6.07) is -0.166. The zero-order valence-corrected chi connectivity index (χ0v) is 21.7. The molecule has 194 valence electrons. The van der Waals surface area contributed by atoms with Crippen molar-refractivity contribution in [2.24, 2.45) is 17.8 Å².